The Bertz CT molecular complexity index is 407. The predicted octanol–water partition coefficient (Wildman–Crippen LogP) is 4.80. The van der Waals surface area contributed by atoms with Crippen LogP contribution in [0.3, 0.4) is 0 Å². The number of rotatable bonds is 3. The summed E-state index contributed by atoms with van der Waals surface area (Å²) in [7, 11) is 0. The molecule has 1 fully saturated rings. The first-order chi connectivity index (χ1) is 8.72. The number of hydrogen-bond acceptors (Lipinski definition) is 2. The molecule has 2 aliphatic rings. The molecule has 0 aromatic carbocycles. The number of nitrogens with one attached hydrogen (secondary N) is 1. The molecule has 3 heteroatoms. The van der Waals surface area contributed by atoms with Gasteiger partial charge in [-0.25, -0.2) is 0 Å². The Morgan fingerprint density at radius 1 is 1.28 bits per heavy atom. The second-order valence-electron chi connectivity index (χ2n) is 6.05. The summed E-state index contributed by atoms with van der Waals surface area (Å²) in [6, 6.07) is 2.75. The van der Waals surface area contributed by atoms with Gasteiger partial charge in [-0.1, -0.05) is 31.4 Å². The quantitative estimate of drug-likeness (QED) is 0.840. The van der Waals surface area contributed by atoms with Crippen molar-refractivity contribution in [3.63, 3.8) is 0 Å². The molecule has 0 saturated heterocycles. The molecular weight excluding hydrogens is 262 g/mol. The Balaban J connectivity index is 1.52. The monoisotopic (exact) mass is 283 g/mol. The summed E-state index contributed by atoms with van der Waals surface area (Å²) in [5.74, 6) is 1.86. The van der Waals surface area contributed by atoms with Crippen molar-refractivity contribution in [2.24, 2.45) is 11.8 Å². The summed E-state index contributed by atoms with van der Waals surface area (Å²) in [4.78, 5) is 1.51. The largest absolute Gasteiger partial charge is 0.310 e. The van der Waals surface area contributed by atoms with Crippen LogP contribution in [0, 0.1) is 11.8 Å². The Labute approximate surface area is 119 Å². The summed E-state index contributed by atoms with van der Waals surface area (Å²) >= 11 is 7.87. The van der Waals surface area contributed by atoms with E-state index in [1.807, 2.05) is 0 Å². The van der Waals surface area contributed by atoms with Gasteiger partial charge in [0.15, 0.2) is 0 Å². The maximum absolute atomic E-state index is 6.10. The van der Waals surface area contributed by atoms with E-state index >= 15 is 0 Å². The first-order valence-electron chi connectivity index (χ1n) is 7.24. The third kappa shape index (κ3) is 2.76. The Kier molecular flexibility index (Phi) is 3.97. The van der Waals surface area contributed by atoms with E-state index in [1.54, 1.807) is 11.3 Å². The molecule has 0 spiro atoms. The lowest BCUT2D eigenvalue weighted by Gasteiger charge is -2.27. The van der Waals surface area contributed by atoms with Crippen LogP contribution in [0.4, 0.5) is 0 Å². The molecule has 1 aromatic rings. The minimum atomic E-state index is 0.572. The smallest absolute Gasteiger partial charge is 0.0934 e. The highest BCUT2D eigenvalue weighted by Crippen LogP contribution is 2.39. The Hall–Kier alpha value is -0.0500. The average Bonchev–Trinajstić information content (AvgIpc) is 2.88. The maximum atomic E-state index is 6.10. The number of fused-ring (bicyclic) bond motifs is 1. The molecule has 0 radical (unpaired) electrons. The van der Waals surface area contributed by atoms with Gasteiger partial charge in [-0.05, 0) is 55.7 Å². The standard InChI is InChI=1S/C15H22ClNS/c1-10-2-4-11(5-3-10)9-17-13-6-7-14-12(13)8-15(16)18-14/h8,10-11,13,17H,2-7,9H2,1H3. The highest BCUT2D eigenvalue weighted by atomic mass is 35.5. The SMILES string of the molecule is CC1CCC(CNC2CCc3sc(Cl)cc32)CC1. The summed E-state index contributed by atoms with van der Waals surface area (Å²) in [5, 5.41) is 3.78. The fraction of sp³-hybridized carbons (Fsp3) is 0.733. The van der Waals surface area contributed by atoms with E-state index in [-0.39, 0.29) is 0 Å². The molecule has 1 N–H and O–H groups in total. The van der Waals surface area contributed by atoms with Gasteiger partial charge in [0.1, 0.15) is 0 Å². The molecule has 0 bridgehead atoms. The summed E-state index contributed by atoms with van der Waals surface area (Å²) in [6.07, 6.45) is 8.16. The van der Waals surface area contributed by atoms with Crippen molar-refractivity contribution in [2.75, 3.05) is 6.54 Å². The van der Waals surface area contributed by atoms with Crippen LogP contribution in [0.2, 0.25) is 4.34 Å². The van der Waals surface area contributed by atoms with Gasteiger partial charge in [0.05, 0.1) is 4.34 Å². The van der Waals surface area contributed by atoms with Crippen molar-refractivity contribution in [3.05, 3.63) is 20.8 Å². The molecule has 0 amide bonds. The molecule has 3 rings (SSSR count). The minimum Gasteiger partial charge on any atom is -0.310 e. The van der Waals surface area contributed by atoms with Crippen molar-refractivity contribution in [1.29, 1.82) is 0 Å². The minimum absolute atomic E-state index is 0.572. The van der Waals surface area contributed by atoms with Crippen molar-refractivity contribution in [1.82, 2.24) is 5.32 Å². The Morgan fingerprint density at radius 2 is 2.06 bits per heavy atom. The fourth-order valence-electron chi connectivity index (χ4n) is 3.38. The van der Waals surface area contributed by atoms with E-state index in [4.69, 9.17) is 11.6 Å². The van der Waals surface area contributed by atoms with Gasteiger partial charge in [-0.3, -0.25) is 0 Å². The third-order valence-corrected chi connectivity index (χ3v) is 5.98. The highest BCUT2D eigenvalue weighted by molar-refractivity contribution is 7.16. The molecule has 2 aliphatic carbocycles. The van der Waals surface area contributed by atoms with Crippen LogP contribution in [-0.2, 0) is 6.42 Å². The number of aryl methyl sites for hydroxylation is 1. The van der Waals surface area contributed by atoms with Gasteiger partial charge in [0, 0.05) is 10.9 Å². The number of hydrogen-bond donors (Lipinski definition) is 1. The number of halogens is 1. The lowest BCUT2D eigenvalue weighted by atomic mass is 9.83. The van der Waals surface area contributed by atoms with Gasteiger partial charge in [-0.2, -0.15) is 0 Å². The first-order valence-corrected chi connectivity index (χ1v) is 8.43. The molecule has 1 unspecified atom stereocenters. The molecular formula is C15H22ClNS. The zero-order valence-electron chi connectivity index (χ0n) is 11.0. The topological polar surface area (TPSA) is 12.0 Å². The fourth-order valence-corrected chi connectivity index (χ4v) is 4.74. The second-order valence-corrected chi connectivity index (χ2v) is 7.82. The zero-order chi connectivity index (χ0) is 12.5. The van der Waals surface area contributed by atoms with E-state index in [9.17, 15) is 0 Å². The molecule has 1 aromatic heterocycles. The molecule has 1 nitrogen and oxygen atoms in total. The van der Waals surface area contributed by atoms with Crippen LogP contribution >= 0.6 is 22.9 Å². The lowest BCUT2D eigenvalue weighted by molar-refractivity contribution is 0.274. The van der Waals surface area contributed by atoms with Gasteiger partial charge in [-0.15, -0.1) is 11.3 Å². The van der Waals surface area contributed by atoms with E-state index in [0.29, 0.717) is 6.04 Å². The molecule has 1 saturated carbocycles. The molecule has 100 valence electrons. The van der Waals surface area contributed by atoms with E-state index in [1.165, 1.54) is 55.5 Å². The molecule has 0 aliphatic heterocycles. The molecule has 18 heavy (non-hydrogen) atoms. The van der Waals surface area contributed by atoms with Crippen LogP contribution in [0.5, 0.6) is 0 Å². The van der Waals surface area contributed by atoms with Crippen LogP contribution < -0.4 is 5.32 Å². The molecule has 1 atom stereocenters. The van der Waals surface area contributed by atoms with E-state index in [0.717, 1.165) is 16.2 Å². The van der Waals surface area contributed by atoms with Gasteiger partial charge in [0.2, 0.25) is 0 Å². The summed E-state index contributed by atoms with van der Waals surface area (Å²) in [5.41, 5.74) is 1.48. The lowest BCUT2D eigenvalue weighted by Crippen LogP contribution is -2.28. The third-order valence-electron chi connectivity index (χ3n) is 4.64. The van der Waals surface area contributed by atoms with Gasteiger partial charge >= 0.3 is 0 Å². The van der Waals surface area contributed by atoms with Crippen molar-refractivity contribution >= 4 is 22.9 Å². The summed E-state index contributed by atoms with van der Waals surface area (Å²) < 4.78 is 0.956. The normalized spacial score (nSPS) is 31.6. The summed E-state index contributed by atoms with van der Waals surface area (Å²) in [6.45, 7) is 3.59. The van der Waals surface area contributed by atoms with Crippen LogP contribution in [0.15, 0.2) is 6.07 Å². The van der Waals surface area contributed by atoms with Crippen LogP contribution in [0.1, 0.15) is 55.5 Å². The van der Waals surface area contributed by atoms with Gasteiger partial charge in [0.25, 0.3) is 0 Å². The average molecular weight is 284 g/mol. The highest BCUT2D eigenvalue weighted by Gasteiger charge is 2.26. The van der Waals surface area contributed by atoms with Crippen molar-refractivity contribution < 1.29 is 0 Å². The predicted molar refractivity (Wildman–Crippen MR) is 79.5 cm³/mol. The van der Waals surface area contributed by atoms with E-state index < -0.39 is 0 Å². The zero-order valence-corrected chi connectivity index (χ0v) is 12.6. The first kappa shape index (κ1) is 13.0. The Morgan fingerprint density at radius 3 is 2.83 bits per heavy atom. The van der Waals surface area contributed by atoms with Crippen molar-refractivity contribution in [3.8, 4) is 0 Å². The number of thiophene rings is 1. The van der Waals surface area contributed by atoms with Gasteiger partial charge < -0.3 is 5.32 Å². The van der Waals surface area contributed by atoms with Crippen LogP contribution in [0.25, 0.3) is 0 Å². The van der Waals surface area contributed by atoms with E-state index in [2.05, 4.69) is 18.3 Å². The van der Waals surface area contributed by atoms with Crippen LogP contribution in [-0.4, -0.2) is 6.54 Å². The maximum Gasteiger partial charge on any atom is 0.0934 e. The van der Waals surface area contributed by atoms with Crippen molar-refractivity contribution in [2.45, 2.75) is 51.5 Å². The second kappa shape index (κ2) is 5.52. The molecule has 1 heterocycles.